The van der Waals surface area contributed by atoms with Crippen molar-refractivity contribution in [2.75, 3.05) is 11.9 Å². The molecular weight excluding hydrogens is 310 g/mol. The van der Waals surface area contributed by atoms with E-state index < -0.39 is 11.7 Å². The highest BCUT2D eigenvalue weighted by Gasteiger charge is 2.02. The van der Waals surface area contributed by atoms with E-state index in [1.165, 1.54) is 6.20 Å². The Kier molecular flexibility index (Phi) is 6.82. The fraction of sp³-hybridized carbons (Fsp3) is 0.353. The van der Waals surface area contributed by atoms with E-state index >= 15 is 0 Å². The van der Waals surface area contributed by atoms with Crippen molar-refractivity contribution in [3.63, 3.8) is 0 Å². The largest absolute Gasteiger partial charge is 0.481 e. The summed E-state index contributed by atoms with van der Waals surface area (Å²) in [5.41, 5.74) is 0.481. The Labute approximate surface area is 139 Å². The third-order valence-corrected chi connectivity index (χ3v) is 3.36. The van der Waals surface area contributed by atoms with Gasteiger partial charge in [-0.1, -0.05) is 36.8 Å². The average molecular weight is 331 g/mol. The van der Waals surface area contributed by atoms with Crippen LogP contribution in [-0.2, 0) is 11.4 Å². The number of carboxylic acids is 1. The Morgan fingerprint density at radius 3 is 2.67 bits per heavy atom. The van der Waals surface area contributed by atoms with Gasteiger partial charge in [-0.05, 0) is 18.4 Å². The number of carbonyl (C=O) groups is 1. The summed E-state index contributed by atoms with van der Waals surface area (Å²) in [6, 6.07) is 11.2. The molecule has 24 heavy (non-hydrogen) atoms. The quantitative estimate of drug-likeness (QED) is 0.646. The van der Waals surface area contributed by atoms with Crippen LogP contribution in [0.4, 0.5) is 5.82 Å². The highest BCUT2D eigenvalue weighted by molar-refractivity contribution is 5.66. The first-order chi connectivity index (χ1) is 11.6. The summed E-state index contributed by atoms with van der Waals surface area (Å²) in [7, 11) is 0. The lowest BCUT2D eigenvalue weighted by Crippen LogP contribution is -2.29. The van der Waals surface area contributed by atoms with Crippen molar-refractivity contribution in [1.29, 1.82) is 0 Å². The van der Waals surface area contributed by atoms with Crippen LogP contribution in [0.5, 0.6) is 0 Å². The number of nitrogens with zero attached hydrogens (tertiary/aromatic N) is 2. The number of unbranched alkanes of at least 4 members (excludes halogenated alkanes) is 2. The standard InChI is InChI=1S/C17H21N3O4/c21-16(22)9-5-2-6-11-18-15-10-12-20(17(23)19-15)24-13-14-7-3-1-4-8-14/h1,3-4,7-8,10,12H,2,5-6,9,11,13H2,(H,21,22)(H,18,19,23). The van der Waals surface area contributed by atoms with Crippen LogP contribution >= 0.6 is 0 Å². The molecule has 7 nitrogen and oxygen atoms in total. The molecule has 0 atom stereocenters. The van der Waals surface area contributed by atoms with E-state index in [9.17, 15) is 9.59 Å². The lowest BCUT2D eigenvalue weighted by molar-refractivity contribution is -0.137. The van der Waals surface area contributed by atoms with Crippen LogP contribution in [0.2, 0.25) is 0 Å². The molecule has 0 fully saturated rings. The van der Waals surface area contributed by atoms with Crippen LogP contribution in [0.1, 0.15) is 31.2 Å². The van der Waals surface area contributed by atoms with Gasteiger partial charge in [-0.25, -0.2) is 4.79 Å². The Balaban J connectivity index is 1.75. The second kappa shape index (κ2) is 9.34. The molecule has 0 saturated heterocycles. The van der Waals surface area contributed by atoms with Gasteiger partial charge in [-0.2, -0.15) is 4.98 Å². The van der Waals surface area contributed by atoms with Crippen molar-refractivity contribution in [3.05, 3.63) is 58.6 Å². The molecule has 0 bridgehead atoms. The van der Waals surface area contributed by atoms with Gasteiger partial charge in [0.25, 0.3) is 0 Å². The Hall–Kier alpha value is -2.83. The molecule has 0 unspecified atom stereocenters. The molecule has 1 heterocycles. The Bertz CT molecular complexity index is 700. The summed E-state index contributed by atoms with van der Waals surface area (Å²) in [4.78, 5) is 31.6. The molecule has 1 aromatic carbocycles. The van der Waals surface area contributed by atoms with Crippen LogP contribution in [0, 0.1) is 0 Å². The minimum absolute atomic E-state index is 0.188. The summed E-state index contributed by atoms with van der Waals surface area (Å²) < 4.78 is 1.10. The molecule has 0 radical (unpaired) electrons. The number of anilines is 1. The highest BCUT2D eigenvalue weighted by Crippen LogP contribution is 2.03. The van der Waals surface area contributed by atoms with Gasteiger partial charge >= 0.3 is 11.7 Å². The zero-order chi connectivity index (χ0) is 17.2. The van der Waals surface area contributed by atoms with E-state index in [2.05, 4.69) is 10.3 Å². The van der Waals surface area contributed by atoms with Gasteiger partial charge in [-0.15, -0.1) is 4.73 Å². The van der Waals surface area contributed by atoms with E-state index in [4.69, 9.17) is 9.94 Å². The van der Waals surface area contributed by atoms with E-state index in [-0.39, 0.29) is 6.42 Å². The Morgan fingerprint density at radius 2 is 1.96 bits per heavy atom. The molecule has 2 aromatic rings. The predicted molar refractivity (Wildman–Crippen MR) is 89.8 cm³/mol. The number of hydrogen-bond acceptors (Lipinski definition) is 5. The van der Waals surface area contributed by atoms with Crippen molar-refractivity contribution in [2.24, 2.45) is 0 Å². The maximum absolute atomic E-state index is 11.9. The summed E-state index contributed by atoms with van der Waals surface area (Å²) >= 11 is 0. The minimum Gasteiger partial charge on any atom is -0.481 e. The number of rotatable bonds is 10. The van der Waals surface area contributed by atoms with Crippen LogP contribution < -0.4 is 15.8 Å². The van der Waals surface area contributed by atoms with E-state index in [0.717, 1.165) is 23.1 Å². The highest BCUT2D eigenvalue weighted by atomic mass is 16.7. The molecule has 2 rings (SSSR count). The average Bonchev–Trinajstić information content (AvgIpc) is 2.58. The molecule has 128 valence electrons. The normalized spacial score (nSPS) is 10.3. The number of nitrogens with one attached hydrogen (secondary N) is 1. The van der Waals surface area contributed by atoms with Crippen LogP contribution in [0.3, 0.4) is 0 Å². The maximum atomic E-state index is 11.9. The number of aromatic nitrogens is 2. The summed E-state index contributed by atoms with van der Waals surface area (Å²) in [6.07, 6.45) is 4.01. The van der Waals surface area contributed by atoms with Crippen molar-refractivity contribution in [2.45, 2.75) is 32.3 Å². The van der Waals surface area contributed by atoms with Crippen molar-refractivity contribution in [1.82, 2.24) is 9.71 Å². The monoisotopic (exact) mass is 331 g/mol. The van der Waals surface area contributed by atoms with Gasteiger partial charge in [-0.3, -0.25) is 4.79 Å². The minimum atomic E-state index is -0.774. The van der Waals surface area contributed by atoms with Gasteiger partial charge < -0.3 is 15.3 Å². The van der Waals surface area contributed by atoms with Crippen LogP contribution in [0.15, 0.2) is 47.4 Å². The molecular formula is C17H21N3O4. The maximum Gasteiger partial charge on any atom is 0.382 e. The van der Waals surface area contributed by atoms with Gasteiger partial charge in [0.2, 0.25) is 0 Å². The first kappa shape index (κ1) is 17.5. The fourth-order valence-corrected chi connectivity index (χ4v) is 2.10. The van der Waals surface area contributed by atoms with Gasteiger partial charge in [0.15, 0.2) is 0 Å². The molecule has 0 saturated carbocycles. The van der Waals surface area contributed by atoms with Crippen molar-refractivity contribution < 1.29 is 14.7 Å². The number of hydrogen-bond donors (Lipinski definition) is 2. The first-order valence-electron chi connectivity index (χ1n) is 7.88. The molecule has 2 N–H and O–H groups in total. The van der Waals surface area contributed by atoms with Gasteiger partial charge in [0.1, 0.15) is 12.4 Å². The molecule has 7 heteroatoms. The van der Waals surface area contributed by atoms with E-state index in [0.29, 0.717) is 25.4 Å². The van der Waals surface area contributed by atoms with E-state index in [1.54, 1.807) is 6.07 Å². The summed E-state index contributed by atoms with van der Waals surface area (Å²) in [5.74, 6) is -0.290. The lowest BCUT2D eigenvalue weighted by atomic mass is 10.2. The smallest absolute Gasteiger partial charge is 0.382 e. The zero-order valence-electron chi connectivity index (χ0n) is 13.4. The van der Waals surface area contributed by atoms with Crippen molar-refractivity contribution in [3.8, 4) is 0 Å². The van der Waals surface area contributed by atoms with E-state index in [1.807, 2.05) is 30.3 Å². The molecule has 0 aliphatic heterocycles. The van der Waals surface area contributed by atoms with Crippen LogP contribution in [0.25, 0.3) is 0 Å². The lowest BCUT2D eigenvalue weighted by Gasteiger charge is -2.09. The second-order valence-electron chi connectivity index (χ2n) is 5.31. The number of aliphatic carboxylic acids is 1. The second-order valence-corrected chi connectivity index (χ2v) is 5.31. The van der Waals surface area contributed by atoms with Gasteiger partial charge in [0, 0.05) is 19.0 Å². The first-order valence-corrected chi connectivity index (χ1v) is 7.88. The number of benzene rings is 1. The molecule has 0 amide bonds. The SMILES string of the molecule is O=C(O)CCCCCNc1ccn(OCc2ccccc2)c(=O)n1. The predicted octanol–water partition coefficient (Wildman–Crippen LogP) is 1.93. The third kappa shape index (κ3) is 6.12. The fourth-order valence-electron chi connectivity index (χ4n) is 2.10. The van der Waals surface area contributed by atoms with Crippen LogP contribution in [-0.4, -0.2) is 27.3 Å². The summed E-state index contributed by atoms with van der Waals surface area (Å²) in [6.45, 7) is 0.930. The third-order valence-electron chi connectivity index (χ3n) is 3.36. The Morgan fingerprint density at radius 1 is 1.17 bits per heavy atom. The molecule has 0 aliphatic carbocycles. The zero-order valence-corrected chi connectivity index (χ0v) is 13.4. The molecule has 0 aliphatic rings. The molecule has 1 aromatic heterocycles. The number of carboxylic acid groups (broad SMARTS) is 1. The van der Waals surface area contributed by atoms with Crippen molar-refractivity contribution >= 4 is 11.8 Å². The topological polar surface area (TPSA) is 93.5 Å². The van der Waals surface area contributed by atoms with Gasteiger partial charge in [0.05, 0.1) is 6.20 Å². The summed E-state index contributed by atoms with van der Waals surface area (Å²) in [5, 5.41) is 11.6. The molecule has 0 spiro atoms.